The molecule has 0 radical (unpaired) electrons. The monoisotopic (exact) mass is 316 g/mol. The maximum absolute atomic E-state index is 5.56. The van der Waals surface area contributed by atoms with E-state index in [9.17, 15) is 0 Å². The van der Waals surface area contributed by atoms with Crippen molar-refractivity contribution in [3.8, 4) is 5.75 Å². The minimum absolute atomic E-state index is 0.499. The second kappa shape index (κ2) is 8.22. The van der Waals surface area contributed by atoms with Gasteiger partial charge in [0.2, 0.25) is 5.89 Å². The number of methoxy groups -OCH3 is 1. The zero-order valence-corrected chi connectivity index (χ0v) is 14.1. The first-order valence-corrected chi connectivity index (χ1v) is 7.70. The van der Waals surface area contributed by atoms with Crippen LogP contribution < -0.4 is 15.4 Å². The van der Waals surface area contributed by atoms with Crippen molar-refractivity contribution in [2.45, 2.75) is 33.9 Å². The van der Waals surface area contributed by atoms with E-state index in [4.69, 9.17) is 9.15 Å². The maximum atomic E-state index is 5.56. The van der Waals surface area contributed by atoms with Gasteiger partial charge in [-0.3, -0.25) is 0 Å². The lowest BCUT2D eigenvalue weighted by molar-refractivity contribution is 0.414. The number of oxazole rings is 1. The molecule has 1 aromatic carbocycles. The van der Waals surface area contributed by atoms with E-state index in [1.54, 1.807) is 7.11 Å². The van der Waals surface area contributed by atoms with Crippen molar-refractivity contribution < 1.29 is 9.15 Å². The summed E-state index contributed by atoms with van der Waals surface area (Å²) in [7, 11) is 1.66. The number of benzene rings is 1. The molecule has 6 heteroatoms. The molecule has 0 saturated heterocycles. The third-order valence-corrected chi connectivity index (χ3v) is 3.38. The molecule has 0 aliphatic heterocycles. The molecule has 2 rings (SSSR count). The van der Waals surface area contributed by atoms with Gasteiger partial charge in [-0.15, -0.1) is 0 Å². The number of ether oxygens (including phenoxy) is 1. The van der Waals surface area contributed by atoms with Gasteiger partial charge in [0.15, 0.2) is 5.96 Å². The van der Waals surface area contributed by atoms with Crippen LogP contribution in [0.2, 0.25) is 0 Å². The van der Waals surface area contributed by atoms with Crippen molar-refractivity contribution in [2.75, 3.05) is 13.7 Å². The highest BCUT2D eigenvalue weighted by molar-refractivity contribution is 5.79. The molecule has 0 fully saturated rings. The van der Waals surface area contributed by atoms with Crippen LogP contribution >= 0.6 is 0 Å². The number of aromatic nitrogens is 1. The van der Waals surface area contributed by atoms with Crippen molar-refractivity contribution >= 4 is 5.96 Å². The number of aryl methyl sites for hydroxylation is 2. The molecule has 0 aliphatic carbocycles. The lowest BCUT2D eigenvalue weighted by atomic mass is 10.2. The van der Waals surface area contributed by atoms with Gasteiger partial charge in [-0.25, -0.2) is 9.98 Å². The van der Waals surface area contributed by atoms with Crippen molar-refractivity contribution in [1.29, 1.82) is 0 Å². The Kier molecular flexibility index (Phi) is 6.02. The summed E-state index contributed by atoms with van der Waals surface area (Å²) in [6.45, 7) is 7.73. The smallest absolute Gasteiger partial charge is 0.214 e. The normalized spacial score (nSPS) is 11.4. The Morgan fingerprint density at radius 1 is 1.30 bits per heavy atom. The van der Waals surface area contributed by atoms with Gasteiger partial charge in [-0.05, 0) is 38.5 Å². The summed E-state index contributed by atoms with van der Waals surface area (Å²) >= 11 is 0. The molecule has 0 unspecified atom stereocenters. The predicted octanol–water partition coefficient (Wildman–Crippen LogP) is 2.56. The zero-order chi connectivity index (χ0) is 16.7. The average molecular weight is 316 g/mol. The number of hydrogen-bond acceptors (Lipinski definition) is 4. The summed E-state index contributed by atoms with van der Waals surface area (Å²) < 4.78 is 10.8. The minimum Gasteiger partial charge on any atom is -0.497 e. The molecule has 1 heterocycles. The number of nitrogens with one attached hydrogen (secondary N) is 2. The summed E-state index contributed by atoms with van der Waals surface area (Å²) in [5.41, 5.74) is 2.00. The van der Waals surface area contributed by atoms with Crippen LogP contribution in [0, 0.1) is 13.8 Å². The fourth-order valence-corrected chi connectivity index (χ4v) is 2.06. The van der Waals surface area contributed by atoms with Gasteiger partial charge in [0.25, 0.3) is 0 Å². The van der Waals surface area contributed by atoms with Gasteiger partial charge in [-0.1, -0.05) is 12.1 Å². The van der Waals surface area contributed by atoms with Crippen LogP contribution in [-0.4, -0.2) is 24.6 Å². The summed E-state index contributed by atoms with van der Waals surface area (Å²) in [5, 5.41) is 6.44. The van der Waals surface area contributed by atoms with Crippen LogP contribution in [0.25, 0.3) is 0 Å². The van der Waals surface area contributed by atoms with E-state index in [1.165, 1.54) is 0 Å². The molecule has 6 nitrogen and oxygen atoms in total. The van der Waals surface area contributed by atoms with Gasteiger partial charge in [0.05, 0.1) is 25.9 Å². The van der Waals surface area contributed by atoms with Crippen LogP contribution in [-0.2, 0) is 13.1 Å². The summed E-state index contributed by atoms with van der Waals surface area (Å²) in [6, 6.07) is 7.89. The molecule has 0 amide bonds. The third kappa shape index (κ3) is 5.02. The summed E-state index contributed by atoms with van der Waals surface area (Å²) in [4.78, 5) is 8.93. The van der Waals surface area contributed by atoms with E-state index in [-0.39, 0.29) is 0 Å². The van der Waals surface area contributed by atoms with Crippen LogP contribution in [0.15, 0.2) is 33.7 Å². The standard InChI is InChI=1S/C17H24N4O2/c1-5-18-17(20-11-16-21-12(2)13(3)23-16)19-10-14-7-6-8-15(9-14)22-4/h6-9H,5,10-11H2,1-4H3,(H2,18,19,20). The van der Waals surface area contributed by atoms with Crippen molar-refractivity contribution in [2.24, 2.45) is 4.99 Å². The topological polar surface area (TPSA) is 71.7 Å². The molecule has 0 aliphatic rings. The Hall–Kier alpha value is -2.50. The van der Waals surface area contributed by atoms with E-state index in [1.807, 2.05) is 45.0 Å². The molecule has 124 valence electrons. The molecule has 23 heavy (non-hydrogen) atoms. The first-order chi connectivity index (χ1) is 11.1. The van der Waals surface area contributed by atoms with Crippen LogP contribution in [0.3, 0.4) is 0 Å². The molecule has 0 saturated carbocycles. The van der Waals surface area contributed by atoms with Crippen LogP contribution in [0.5, 0.6) is 5.75 Å². The molecule has 0 bridgehead atoms. The Balaban J connectivity index is 1.98. The van der Waals surface area contributed by atoms with Crippen LogP contribution in [0.1, 0.15) is 29.8 Å². The lowest BCUT2D eigenvalue weighted by Crippen LogP contribution is -2.36. The highest BCUT2D eigenvalue weighted by Crippen LogP contribution is 2.13. The first kappa shape index (κ1) is 16.9. The van der Waals surface area contributed by atoms with Gasteiger partial charge < -0.3 is 19.8 Å². The number of rotatable bonds is 6. The first-order valence-electron chi connectivity index (χ1n) is 7.70. The van der Waals surface area contributed by atoms with Crippen molar-refractivity contribution in [3.05, 3.63) is 47.2 Å². The Bertz CT molecular complexity index is 645. The number of guanidine groups is 1. The highest BCUT2D eigenvalue weighted by Gasteiger charge is 2.06. The van der Waals surface area contributed by atoms with Crippen LogP contribution in [0.4, 0.5) is 0 Å². The second-order valence-corrected chi connectivity index (χ2v) is 5.15. The molecule has 0 atom stereocenters. The summed E-state index contributed by atoms with van der Waals surface area (Å²) in [5.74, 6) is 3.07. The second-order valence-electron chi connectivity index (χ2n) is 5.15. The van der Waals surface area contributed by atoms with Gasteiger partial charge in [-0.2, -0.15) is 0 Å². The van der Waals surface area contributed by atoms with E-state index >= 15 is 0 Å². The number of hydrogen-bond donors (Lipinski definition) is 2. The van der Waals surface area contributed by atoms with E-state index in [0.29, 0.717) is 19.0 Å². The molecule has 2 aromatic rings. The van der Waals surface area contributed by atoms with E-state index in [2.05, 4.69) is 20.6 Å². The Morgan fingerprint density at radius 3 is 2.78 bits per heavy atom. The summed E-state index contributed by atoms with van der Waals surface area (Å²) in [6.07, 6.45) is 0. The van der Waals surface area contributed by atoms with Crippen molar-refractivity contribution in [1.82, 2.24) is 15.6 Å². The SMILES string of the molecule is CCNC(=NCc1cccc(OC)c1)NCc1nc(C)c(C)o1. The zero-order valence-electron chi connectivity index (χ0n) is 14.1. The number of aliphatic imine (C=N–C) groups is 1. The largest absolute Gasteiger partial charge is 0.497 e. The third-order valence-electron chi connectivity index (χ3n) is 3.38. The minimum atomic E-state index is 0.499. The lowest BCUT2D eigenvalue weighted by Gasteiger charge is -2.10. The van der Waals surface area contributed by atoms with E-state index in [0.717, 1.165) is 35.3 Å². The molecular weight excluding hydrogens is 292 g/mol. The van der Waals surface area contributed by atoms with Gasteiger partial charge >= 0.3 is 0 Å². The highest BCUT2D eigenvalue weighted by atomic mass is 16.5. The Morgan fingerprint density at radius 2 is 2.13 bits per heavy atom. The van der Waals surface area contributed by atoms with Gasteiger partial charge in [0, 0.05) is 6.54 Å². The Labute approximate surface area is 137 Å². The average Bonchev–Trinajstić information content (AvgIpc) is 2.88. The predicted molar refractivity (Wildman–Crippen MR) is 90.6 cm³/mol. The quantitative estimate of drug-likeness (QED) is 0.633. The fourth-order valence-electron chi connectivity index (χ4n) is 2.06. The molecule has 2 N–H and O–H groups in total. The maximum Gasteiger partial charge on any atom is 0.214 e. The van der Waals surface area contributed by atoms with E-state index < -0.39 is 0 Å². The van der Waals surface area contributed by atoms with Gasteiger partial charge in [0.1, 0.15) is 11.5 Å². The fraction of sp³-hybridized carbons (Fsp3) is 0.412. The molecular formula is C17H24N4O2. The van der Waals surface area contributed by atoms with Crippen molar-refractivity contribution in [3.63, 3.8) is 0 Å². The molecule has 0 spiro atoms. The number of nitrogens with zero attached hydrogens (tertiary/aromatic N) is 2. The molecule has 1 aromatic heterocycles.